The summed E-state index contributed by atoms with van der Waals surface area (Å²) in [5, 5.41) is 22.0. The third-order valence-corrected chi connectivity index (χ3v) is 8.46. The largest absolute Gasteiger partial charge is 0.478 e. The molecular formula is C34H29N3O6S. The Bertz CT molecular complexity index is 1800. The van der Waals surface area contributed by atoms with Crippen LogP contribution in [0.2, 0.25) is 0 Å². The minimum Gasteiger partial charge on any atom is -0.478 e. The molecule has 44 heavy (non-hydrogen) atoms. The number of hydrogen-bond donors (Lipinski definition) is 3. The van der Waals surface area contributed by atoms with Gasteiger partial charge in [-0.25, -0.2) is 9.78 Å². The van der Waals surface area contributed by atoms with Crippen LogP contribution in [0.3, 0.4) is 0 Å². The van der Waals surface area contributed by atoms with Crippen LogP contribution >= 0.6 is 11.8 Å². The summed E-state index contributed by atoms with van der Waals surface area (Å²) in [5.41, 5.74) is 4.78. The second-order valence-electron chi connectivity index (χ2n) is 10.3. The van der Waals surface area contributed by atoms with Crippen LogP contribution < -0.4 is 5.32 Å². The van der Waals surface area contributed by atoms with E-state index in [0.717, 1.165) is 11.1 Å². The molecule has 3 unspecified atom stereocenters. The predicted octanol–water partition coefficient (Wildman–Crippen LogP) is 6.41. The van der Waals surface area contributed by atoms with Crippen molar-refractivity contribution in [3.05, 3.63) is 131 Å². The fourth-order valence-corrected chi connectivity index (χ4v) is 6.07. The summed E-state index contributed by atoms with van der Waals surface area (Å²) in [7, 11) is 0. The van der Waals surface area contributed by atoms with Crippen LogP contribution in [0.1, 0.15) is 56.4 Å². The van der Waals surface area contributed by atoms with E-state index in [2.05, 4.69) is 15.3 Å². The van der Waals surface area contributed by atoms with Crippen molar-refractivity contribution in [3.8, 4) is 0 Å². The second kappa shape index (κ2) is 13.4. The van der Waals surface area contributed by atoms with E-state index in [0.29, 0.717) is 39.4 Å². The van der Waals surface area contributed by atoms with Crippen LogP contribution in [0.15, 0.2) is 108 Å². The van der Waals surface area contributed by atoms with E-state index < -0.39 is 12.3 Å². The number of para-hydroxylation sites is 2. The minimum atomic E-state index is -0.978. The fourth-order valence-electron chi connectivity index (χ4n) is 5.00. The van der Waals surface area contributed by atoms with Crippen molar-refractivity contribution in [3.63, 3.8) is 0 Å². The molecule has 4 aromatic carbocycles. The summed E-state index contributed by atoms with van der Waals surface area (Å²) in [4.78, 5) is 34.2. The number of carboxylic acids is 1. The van der Waals surface area contributed by atoms with E-state index >= 15 is 0 Å². The minimum absolute atomic E-state index is 0.0525. The van der Waals surface area contributed by atoms with Gasteiger partial charge in [0.2, 0.25) is 0 Å². The molecule has 3 atom stereocenters. The third-order valence-electron chi connectivity index (χ3n) is 7.26. The van der Waals surface area contributed by atoms with Gasteiger partial charge in [-0.15, -0.1) is 11.8 Å². The number of amides is 1. The molecule has 1 aromatic heterocycles. The lowest BCUT2D eigenvalue weighted by molar-refractivity contribution is -0.245. The Balaban J connectivity index is 1.22. The van der Waals surface area contributed by atoms with E-state index in [-0.39, 0.29) is 36.0 Å². The van der Waals surface area contributed by atoms with Crippen molar-refractivity contribution in [2.24, 2.45) is 0 Å². The number of aromatic carboxylic acids is 1. The average Bonchev–Trinajstić information content (AvgIpc) is 3.07. The quantitative estimate of drug-likeness (QED) is 0.163. The van der Waals surface area contributed by atoms with E-state index in [1.807, 2.05) is 60.7 Å². The summed E-state index contributed by atoms with van der Waals surface area (Å²) < 4.78 is 12.9. The van der Waals surface area contributed by atoms with Gasteiger partial charge in [-0.2, -0.15) is 0 Å². The molecule has 5 aromatic rings. The first-order valence-electron chi connectivity index (χ1n) is 14.1. The highest BCUT2D eigenvalue weighted by Gasteiger charge is 2.32. The first kappa shape index (κ1) is 29.5. The number of carbonyl (C=O) groups excluding carboxylic acids is 1. The molecule has 3 N–H and O–H groups in total. The molecule has 222 valence electrons. The van der Waals surface area contributed by atoms with Gasteiger partial charge in [0.15, 0.2) is 6.29 Å². The Morgan fingerprint density at radius 3 is 2.45 bits per heavy atom. The zero-order valence-electron chi connectivity index (χ0n) is 23.5. The summed E-state index contributed by atoms with van der Waals surface area (Å²) in [5.74, 6) is -0.861. The number of benzene rings is 4. The molecule has 0 bridgehead atoms. The number of aliphatic hydroxyl groups is 1. The monoisotopic (exact) mass is 607 g/mol. The highest BCUT2D eigenvalue weighted by atomic mass is 32.2. The average molecular weight is 608 g/mol. The molecule has 0 spiro atoms. The van der Waals surface area contributed by atoms with E-state index in [1.54, 1.807) is 36.4 Å². The Hall–Kier alpha value is -4.61. The lowest BCUT2D eigenvalue weighted by atomic mass is 10.0. The van der Waals surface area contributed by atoms with Crippen LogP contribution in [0.5, 0.6) is 0 Å². The van der Waals surface area contributed by atoms with Gasteiger partial charge in [0.25, 0.3) is 5.91 Å². The van der Waals surface area contributed by atoms with Crippen molar-refractivity contribution in [2.45, 2.75) is 36.4 Å². The fraction of sp³-hybridized carbons (Fsp3) is 0.176. The standard InChI is InChI=1S/C34H29N3O6S/c38-19-21-12-14-22(15-13-21)30-17-25(20-44-31-11-4-1-8-26(31)33(40)41)42-34(43-30)23-6-5-7-24(16-23)36-32(39)29-18-35-27-9-2-3-10-28(27)37-29/h1-16,18,25,30,34,38H,17,19-20H2,(H,36,39)(H,40,41). The van der Waals surface area contributed by atoms with Crippen molar-refractivity contribution < 1.29 is 29.3 Å². The van der Waals surface area contributed by atoms with Crippen molar-refractivity contribution in [2.75, 3.05) is 11.1 Å². The van der Waals surface area contributed by atoms with Gasteiger partial charge < -0.3 is 25.0 Å². The lowest BCUT2D eigenvalue weighted by Crippen LogP contribution is -2.31. The predicted molar refractivity (Wildman–Crippen MR) is 166 cm³/mol. The van der Waals surface area contributed by atoms with Gasteiger partial charge in [-0.3, -0.25) is 9.78 Å². The molecule has 1 saturated heterocycles. The van der Waals surface area contributed by atoms with Crippen molar-refractivity contribution in [1.82, 2.24) is 9.97 Å². The molecule has 6 rings (SSSR count). The number of carbonyl (C=O) groups is 2. The Morgan fingerprint density at radius 1 is 0.886 bits per heavy atom. The number of nitrogens with one attached hydrogen (secondary N) is 1. The Kier molecular flexibility index (Phi) is 8.94. The number of hydrogen-bond acceptors (Lipinski definition) is 8. The zero-order valence-corrected chi connectivity index (χ0v) is 24.3. The number of nitrogens with zero attached hydrogens (tertiary/aromatic N) is 2. The number of anilines is 1. The SMILES string of the molecule is O=C(Nc1cccc(C2OC(CSc3ccccc3C(=O)O)CC(c3ccc(CO)cc3)O2)c1)c1cnc2ccccc2n1. The number of aliphatic hydroxyl groups excluding tert-OH is 1. The van der Waals surface area contributed by atoms with Crippen LogP contribution in [0.25, 0.3) is 11.0 Å². The number of ether oxygens (including phenoxy) is 2. The number of carboxylic acid groups (broad SMARTS) is 1. The van der Waals surface area contributed by atoms with E-state index in [1.165, 1.54) is 18.0 Å². The molecule has 1 fully saturated rings. The van der Waals surface area contributed by atoms with Crippen LogP contribution in [-0.4, -0.2) is 43.9 Å². The third kappa shape index (κ3) is 6.79. The van der Waals surface area contributed by atoms with Crippen molar-refractivity contribution in [1.29, 1.82) is 0 Å². The highest BCUT2D eigenvalue weighted by molar-refractivity contribution is 7.99. The smallest absolute Gasteiger partial charge is 0.336 e. The van der Waals surface area contributed by atoms with E-state index in [9.17, 15) is 19.8 Å². The summed E-state index contributed by atoms with van der Waals surface area (Å²) in [6.07, 6.45) is 0.673. The molecular weight excluding hydrogens is 578 g/mol. The molecule has 9 nitrogen and oxygen atoms in total. The maximum Gasteiger partial charge on any atom is 0.336 e. The number of fused-ring (bicyclic) bond motifs is 1. The van der Waals surface area contributed by atoms with Crippen molar-refractivity contribution >= 4 is 40.4 Å². The molecule has 0 radical (unpaired) electrons. The molecule has 0 aliphatic carbocycles. The lowest BCUT2D eigenvalue weighted by Gasteiger charge is -2.36. The summed E-state index contributed by atoms with van der Waals surface area (Å²) in [6, 6.07) is 29.1. The normalized spacial score (nSPS) is 18.2. The van der Waals surface area contributed by atoms with Crippen LogP contribution in [-0.2, 0) is 16.1 Å². The molecule has 0 saturated carbocycles. The maximum absolute atomic E-state index is 13.0. The first-order chi connectivity index (χ1) is 21.5. The molecule has 1 aliphatic rings. The first-order valence-corrected chi connectivity index (χ1v) is 15.0. The van der Waals surface area contributed by atoms with Gasteiger partial charge in [0, 0.05) is 28.3 Å². The van der Waals surface area contributed by atoms with Gasteiger partial charge >= 0.3 is 5.97 Å². The maximum atomic E-state index is 13.0. The second-order valence-corrected chi connectivity index (χ2v) is 11.3. The van der Waals surface area contributed by atoms with Crippen LogP contribution in [0, 0.1) is 0 Å². The summed E-state index contributed by atoms with van der Waals surface area (Å²) >= 11 is 1.43. The topological polar surface area (TPSA) is 131 Å². The van der Waals surface area contributed by atoms with Gasteiger partial charge in [-0.1, -0.05) is 60.7 Å². The van der Waals surface area contributed by atoms with Crippen LogP contribution in [0.4, 0.5) is 5.69 Å². The molecule has 10 heteroatoms. The van der Waals surface area contributed by atoms with Gasteiger partial charge in [-0.05, 0) is 47.5 Å². The zero-order chi connectivity index (χ0) is 30.5. The molecule has 1 aliphatic heterocycles. The number of thioether (sulfide) groups is 1. The Labute approximate surface area is 257 Å². The highest BCUT2D eigenvalue weighted by Crippen LogP contribution is 2.40. The Morgan fingerprint density at radius 2 is 1.66 bits per heavy atom. The molecule has 2 heterocycles. The number of rotatable bonds is 9. The number of aromatic nitrogens is 2. The molecule has 1 amide bonds. The van der Waals surface area contributed by atoms with Gasteiger partial charge in [0.05, 0.1) is 41.6 Å². The van der Waals surface area contributed by atoms with E-state index in [4.69, 9.17) is 9.47 Å². The summed E-state index contributed by atoms with van der Waals surface area (Å²) in [6.45, 7) is -0.0525. The van der Waals surface area contributed by atoms with Gasteiger partial charge in [0.1, 0.15) is 5.69 Å².